The maximum atomic E-state index is 5.59. The maximum absolute atomic E-state index is 5.59. The molecule has 1 aliphatic heterocycles. The zero-order valence-corrected chi connectivity index (χ0v) is 12.5. The molecule has 5 heteroatoms. The topological polar surface area (TPSA) is 45.4 Å². The Morgan fingerprint density at radius 3 is 2.44 bits per heavy atom. The minimum Gasteiger partial charge on any atom is -0.346 e. The Hall–Kier alpha value is -0.650. The van der Waals surface area contributed by atoms with Crippen molar-refractivity contribution in [1.82, 2.24) is 9.88 Å². The highest BCUT2D eigenvalue weighted by atomic mass is 32.1. The van der Waals surface area contributed by atoms with Gasteiger partial charge >= 0.3 is 0 Å². The van der Waals surface area contributed by atoms with Crippen molar-refractivity contribution in [3.8, 4) is 0 Å². The van der Waals surface area contributed by atoms with Crippen molar-refractivity contribution < 1.29 is 0 Å². The van der Waals surface area contributed by atoms with Gasteiger partial charge in [0.1, 0.15) is 0 Å². The Morgan fingerprint density at radius 1 is 1.28 bits per heavy atom. The van der Waals surface area contributed by atoms with Crippen LogP contribution in [-0.4, -0.2) is 49.2 Å². The Labute approximate surface area is 114 Å². The first-order valence-corrected chi connectivity index (χ1v) is 7.52. The second-order valence-corrected chi connectivity index (χ2v) is 6.72. The molecule has 1 saturated heterocycles. The third-order valence-corrected chi connectivity index (χ3v) is 4.25. The van der Waals surface area contributed by atoms with Gasteiger partial charge in [0.25, 0.3) is 0 Å². The van der Waals surface area contributed by atoms with E-state index in [-0.39, 0.29) is 5.41 Å². The fraction of sp³-hybridized carbons (Fsp3) is 0.769. The van der Waals surface area contributed by atoms with Crippen LogP contribution in [0.4, 0.5) is 5.13 Å². The molecular weight excluding hydrogens is 244 g/mol. The maximum Gasteiger partial charge on any atom is 0.185 e. The Bertz CT molecular complexity index is 375. The van der Waals surface area contributed by atoms with E-state index in [4.69, 9.17) is 10.7 Å². The van der Waals surface area contributed by atoms with E-state index in [1.54, 1.807) is 11.3 Å². The van der Waals surface area contributed by atoms with Gasteiger partial charge in [0.15, 0.2) is 5.13 Å². The highest BCUT2D eigenvalue weighted by molar-refractivity contribution is 7.13. The highest BCUT2D eigenvalue weighted by Crippen LogP contribution is 2.28. The van der Waals surface area contributed by atoms with Crippen LogP contribution in [0.25, 0.3) is 0 Å². The lowest BCUT2D eigenvalue weighted by Gasteiger charge is -2.34. The van der Waals surface area contributed by atoms with Crippen molar-refractivity contribution in [3.05, 3.63) is 11.1 Å². The molecule has 0 aliphatic carbocycles. The standard InChI is InChI=1S/C13H24N4S/c1-13(2,3)11-10-18-12(15-11)17-8-6-16(5-4-14)7-9-17/h10H,4-9,14H2,1-3H3. The zero-order valence-electron chi connectivity index (χ0n) is 11.6. The second kappa shape index (κ2) is 5.55. The van der Waals surface area contributed by atoms with Crippen LogP contribution in [0.1, 0.15) is 26.5 Å². The number of anilines is 1. The molecule has 0 radical (unpaired) electrons. The third kappa shape index (κ3) is 3.22. The molecule has 0 bridgehead atoms. The summed E-state index contributed by atoms with van der Waals surface area (Å²) in [5.41, 5.74) is 6.94. The lowest BCUT2D eigenvalue weighted by atomic mass is 9.93. The van der Waals surface area contributed by atoms with Crippen LogP contribution in [-0.2, 0) is 5.41 Å². The molecule has 0 unspecified atom stereocenters. The van der Waals surface area contributed by atoms with Gasteiger partial charge in [0.2, 0.25) is 0 Å². The molecule has 0 spiro atoms. The molecule has 0 atom stereocenters. The summed E-state index contributed by atoms with van der Waals surface area (Å²) in [5, 5.41) is 3.37. The highest BCUT2D eigenvalue weighted by Gasteiger charge is 2.22. The normalized spacial score (nSPS) is 18.3. The van der Waals surface area contributed by atoms with Crippen LogP contribution in [0.5, 0.6) is 0 Å². The van der Waals surface area contributed by atoms with Crippen LogP contribution in [0.3, 0.4) is 0 Å². The van der Waals surface area contributed by atoms with Crippen molar-refractivity contribution in [2.75, 3.05) is 44.2 Å². The first-order valence-electron chi connectivity index (χ1n) is 6.64. The molecule has 2 N–H and O–H groups in total. The number of aromatic nitrogens is 1. The third-order valence-electron chi connectivity index (χ3n) is 3.35. The van der Waals surface area contributed by atoms with E-state index in [0.717, 1.165) is 39.3 Å². The second-order valence-electron chi connectivity index (χ2n) is 5.88. The minimum atomic E-state index is 0.149. The van der Waals surface area contributed by atoms with Gasteiger partial charge in [-0.2, -0.15) is 0 Å². The van der Waals surface area contributed by atoms with Crippen LogP contribution < -0.4 is 10.6 Å². The molecule has 2 rings (SSSR count). The number of hydrogen-bond acceptors (Lipinski definition) is 5. The molecule has 1 aromatic rings. The molecule has 1 aromatic heterocycles. The number of piperazine rings is 1. The van der Waals surface area contributed by atoms with E-state index >= 15 is 0 Å². The van der Waals surface area contributed by atoms with Gasteiger partial charge in [-0.25, -0.2) is 4.98 Å². The summed E-state index contributed by atoms with van der Waals surface area (Å²) in [7, 11) is 0. The van der Waals surface area contributed by atoms with Gasteiger partial charge in [-0.3, -0.25) is 4.90 Å². The summed E-state index contributed by atoms with van der Waals surface area (Å²) < 4.78 is 0. The summed E-state index contributed by atoms with van der Waals surface area (Å²) in [4.78, 5) is 9.60. The zero-order chi connectivity index (χ0) is 13.2. The Balaban J connectivity index is 1.95. The van der Waals surface area contributed by atoms with Crippen molar-refractivity contribution in [2.24, 2.45) is 5.73 Å². The number of rotatable bonds is 3. The number of thiazole rings is 1. The molecule has 1 aliphatic rings. The molecule has 102 valence electrons. The molecule has 18 heavy (non-hydrogen) atoms. The number of hydrogen-bond donors (Lipinski definition) is 1. The largest absolute Gasteiger partial charge is 0.346 e. The van der Waals surface area contributed by atoms with Gasteiger partial charge < -0.3 is 10.6 Å². The molecular formula is C13H24N4S. The van der Waals surface area contributed by atoms with E-state index in [1.807, 2.05) is 0 Å². The smallest absolute Gasteiger partial charge is 0.185 e. The van der Waals surface area contributed by atoms with Crippen LogP contribution >= 0.6 is 11.3 Å². The van der Waals surface area contributed by atoms with Crippen LogP contribution in [0, 0.1) is 0 Å². The van der Waals surface area contributed by atoms with Gasteiger partial charge in [-0.15, -0.1) is 11.3 Å². The molecule has 2 heterocycles. The average Bonchev–Trinajstić information content (AvgIpc) is 2.79. The first kappa shape index (κ1) is 13.8. The van der Waals surface area contributed by atoms with Crippen molar-refractivity contribution in [3.63, 3.8) is 0 Å². The molecule has 0 aromatic carbocycles. The van der Waals surface area contributed by atoms with Gasteiger partial charge in [0, 0.05) is 50.1 Å². The SMILES string of the molecule is CC(C)(C)c1csc(N2CCN(CCN)CC2)n1. The van der Waals surface area contributed by atoms with Crippen molar-refractivity contribution in [1.29, 1.82) is 0 Å². The lowest BCUT2D eigenvalue weighted by molar-refractivity contribution is 0.264. The van der Waals surface area contributed by atoms with Gasteiger partial charge in [0.05, 0.1) is 5.69 Å². The summed E-state index contributed by atoms with van der Waals surface area (Å²) in [6.07, 6.45) is 0. The molecule has 0 saturated carbocycles. The molecule has 4 nitrogen and oxygen atoms in total. The van der Waals surface area contributed by atoms with E-state index < -0.39 is 0 Å². The van der Waals surface area contributed by atoms with E-state index in [2.05, 4.69) is 36.0 Å². The van der Waals surface area contributed by atoms with Crippen LogP contribution in [0.2, 0.25) is 0 Å². The molecule has 1 fully saturated rings. The summed E-state index contributed by atoms with van der Waals surface area (Å²) in [5.74, 6) is 0. The fourth-order valence-corrected chi connectivity index (χ4v) is 3.21. The number of nitrogens with two attached hydrogens (primary N) is 1. The number of nitrogens with zero attached hydrogens (tertiary/aromatic N) is 3. The quantitative estimate of drug-likeness (QED) is 0.903. The van der Waals surface area contributed by atoms with Gasteiger partial charge in [-0.05, 0) is 0 Å². The Kier molecular flexibility index (Phi) is 4.25. The summed E-state index contributed by atoms with van der Waals surface area (Å²) >= 11 is 1.77. The van der Waals surface area contributed by atoms with Crippen LogP contribution in [0.15, 0.2) is 5.38 Å². The predicted molar refractivity (Wildman–Crippen MR) is 78.5 cm³/mol. The fourth-order valence-electron chi connectivity index (χ4n) is 2.10. The van der Waals surface area contributed by atoms with E-state index in [9.17, 15) is 0 Å². The van der Waals surface area contributed by atoms with E-state index in [0.29, 0.717) is 0 Å². The monoisotopic (exact) mass is 268 g/mol. The van der Waals surface area contributed by atoms with Crippen molar-refractivity contribution >= 4 is 16.5 Å². The average molecular weight is 268 g/mol. The first-order chi connectivity index (χ1) is 8.50. The van der Waals surface area contributed by atoms with Gasteiger partial charge in [-0.1, -0.05) is 20.8 Å². The minimum absolute atomic E-state index is 0.149. The Morgan fingerprint density at radius 2 is 1.94 bits per heavy atom. The summed E-state index contributed by atoms with van der Waals surface area (Å²) in [6, 6.07) is 0. The predicted octanol–water partition coefficient (Wildman–Crippen LogP) is 1.52. The van der Waals surface area contributed by atoms with E-state index in [1.165, 1.54) is 10.8 Å². The lowest BCUT2D eigenvalue weighted by Crippen LogP contribution is -2.47. The van der Waals surface area contributed by atoms with Crippen molar-refractivity contribution in [2.45, 2.75) is 26.2 Å². The molecule has 0 amide bonds. The summed E-state index contributed by atoms with van der Waals surface area (Å²) in [6.45, 7) is 12.7.